The molecule has 0 aliphatic rings. The summed E-state index contributed by atoms with van der Waals surface area (Å²) in [7, 11) is 0. The molecule has 3 nitrogen and oxygen atoms in total. The van der Waals surface area contributed by atoms with E-state index in [0.29, 0.717) is 5.56 Å². The molecule has 0 aliphatic heterocycles. The molecule has 0 saturated heterocycles. The summed E-state index contributed by atoms with van der Waals surface area (Å²) in [4.78, 5) is 7.80. The Labute approximate surface area is 127 Å². The highest BCUT2D eigenvalue weighted by molar-refractivity contribution is 5.61. The molecule has 22 heavy (non-hydrogen) atoms. The summed E-state index contributed by atoms with van der Waals surface area (Å²) >= 11 is 0. The van der Waals surface area contributed by atoms with Gasteiger partial charge >= 0.3 is 6.18 Å². The van der Waals surface area contributed by atoms with Crippen LogP contribution in [0.1, 0.15) is 31.5 Å². The van der Waals surface area contributed by atoms with Crippen molar-refractivity contribution in [2.24, 2.45) is 0 Å². The van der Waals surface area contributed by atoms with Crippen LogP contribution in [0.15, 0.2) is 30.3 Å². The fourth-order valence-electron chi connectivity index (χ4n) is 1.85. The molecule has 1 atom stereocenters. The number of halogens is 3. The van der Waals surface area contributed by atoms with Crippen molar-refractivity contribution in [1.29, 1.82) is 0 Å². The van der Waals surface area contributed by atoms with E-state index in [4.69, 9.17) is 0 Å². The lowest BCUT2D eigenvalue weighted by Crippen LogP contribution is -2.18. The van der Waals surface area contributed by atoms with Crippen LogP contribution in [0.2, 0.25) is 0 Å². The molecule has 1 N–H and O–H groups in total. The van der Waals surface area contributed by atoms with Gasteiger partial charge in [-0.05, 0) is 26.3 Å². The molecule has 1 aromatic heterocycles. The Morgan fingerprint density at radius 1 is 1.14 bits per heavy atom. The van der Waals surface area contributed by atoms with Gasteiger partial charge in [-0.15, -0.1) is 0 Å². The first-order chi connectivity index (χ1) is 10.3. The third kappa shape index (κ3) is 3.96. The van der Waals surface area contributed by atoms with Crippen molar-refractivity contribution in [1.82, 2.24) is 9.97 Å². The van der Waals surface area contributed by atoms with Gasteiger partial charge in [0.05, 0.1) is 5.69 Å². The van der Waals surface area contributed by atoms with Gasteiger partial charge in [-0.2, -0.15) is 13.2 Å². The molecular weight excluding hydrogens is 291 g/mol. The number of alkyl halides is 3. The average molecular weight is 309 g/mol. The summed E-state index contributed by atoms with van der Waals surface area (Å²) in [5.41, 5.74) is 0.981. The maximum Gasteiger partial charge on any atom is 0.433 e. The summed E-state index contributed by atoms with van der Waals surface area (Å²) in [5.74, 6) is -0.000231. The van der Waals surface area contributed by atoms with E-state index in [9.17, 15) is 13.2 Å². The number of anilines is 1. The van der Waals surface area contributed by atoms with E-state index in [2.05, 4.69) is 15.3 Å². The second-order valence-electron chi connectivity index (χ2n) is 5.28. The Morgan fingerprint density at radius 2 is 1.77 bits per heavy atom. The molecule has 0 fully saturated rings. The second-order valence-corrected chi connectivity index (χ2v) is 5.28. The van der Waals surface area contributed by atoms with Crippen LogP contribution in [0, 0.1) is 6.92 Å². The van der Waals surface area contributed by atoms with Crippen molar-refractivity contribution < 1.29 is 13.2 Å². The molecule has 0 saturated carbocycles. The minimum Gasteiger partial charge on any atom is -0.352 e. The molecule has 0 spiro atoms. The van der Waals surface area contributed by atoms with Crippen LogP contribution in [-0.2, 0) is 6.18 Å². The second kappa shape index (κ2) is 6.34. The first-order valence-electron chi connectivity index (χ1n) is 7.09. The smallest absolute Gasteiger partial charge is 0.352 e. The van der Waals surface area contributed by atoms with Crippen molar-refractivity contribution in [2.75, 3.05) is 5.32 Å². The predicted molar refractivity (Wildman–Crippen MR) is 80.6 cm³/mol. The van der Waals surface area contributed by atoms with Crippen LogP contribution in [0.3, 0.4) is 0 Å². The van der Waals surface area contributed by atoms with E-state index in [1.165, 1.54) is 0 Å². The van der Waals surface area contributed by atoms with Crippen LogP contribution in [0.5, 0.6) is 0 Å². The number of benzene rings is 1. The SMILES string of the molecule is CC[C@@H](C)Nc1nc(-c2ccc(C)cc2)cc(C(F)(F)F)n1. The summed E-state index contributed by atoms with van der Waals surface area (Å²) in [6.07, 6.45) is -3.74. The molecule has 0 amide bonds. The summed E-state index contributed by atoms with van der Waals surface area (Å²) in [5, 5.41) is 2.90. The largest absolute Gasteiger partial charge is 0.433 e. The van der Waals surface area contributed by atoms with Gasteiger partial charge in [0.1, 0.15) is 0 Å². The number of nitrogens with one attached hydrogen (secondary N) is 1. The molecule has 2 rings (SSSR count). The number of hydrogen-bond acceptors (Lipinski definition) is 3. The van der Waals surface area contributed by atoms with Gasteiger partial charge < -0.3 is 5.32 Å². The van der Waals surface area contributed by atoms with E-state index >= 15 is 0 Å². The van der Waals surface area contributed by atoms with Crippen LogP contribution < -0.4 is 5.32 Å². The Kier molecular flexibility index (Phi) is 4.68. The van der Waals surface area contributed by atoms with Crippen molar-refractivity contribution in [2.45, 2.75) is 39.4 Å². The fourth-order valence-corrected chi connectivity index (χ4v) is 1.85. The maximum absolute atomic E-state index is 13.0. The van der Waals surface area contributed by atoms with Gasteiger partial charge in [0.15, 0.2) is 5.69 Å². The zero-order valence-corrected chi connectivity index (χ0v) is 12.7. The normalized spacial score (nSPS) is 13.0. The summed E-state index contributed by atoms with van der Waals surface area (Å²) in [6, 6.07) is 8.16. The fraction of sp³-hybridized carbons (Fsp3) is 0.375. The van der Waals surface area contributed by atoms with Crippen molar-refractivity contribution >= 4 is 5.95 Å². The minimum absolute atomic E-state index is 0.000231. The van der Waals surface area contributed by atoms with E-state index < -0.39 is 11.9 Å². The highest BCUT2D eigenvalue weighted by Gasteiger charge is 2.33. The lowest BCUT2D eigenvalue weighted by atomic mass is 10.1. The van der Waals surface area contributed by atoms with Crippen LogP contribution in [0.25, 0.3) is 11.3 Å². The van der Waals surface area contributed by atoms with Gasteiger partial charge in [0.2, 0.25) is 5.95 Å². The lowest BCUT2D eigenvalue weighted by molar-refractivity contribution is -0.141. The molecule has 1 heterocycles. The highest BCUT2D eigenvalue weighted by Crippen LogP contribution is 2.31. The molecule has 0 unspecified atom stereocenters. The number of nitrogens with zero attached hydrogens (tertiary/aromatic N) is 2. The molecule has 0 bridgehead atoms. The van der Waals surface area contributed by atoms with E-state index in [1.807, 2.05) is 32.9 Å². The van der Waals surface area contributed by atoms with Crippen LogP contribution >= 0.6 is 0 Å². The van der Waals surface area contributed by atoms with E-state index in [0.717, 1.165) is 18.1 Å². The molecule has 0 aliphatic carbocycles. The zero-order valence-electron chi connectivity index (χ0n) is 12.7. The van der Waals surface area contributed by atoms with Gasteiger partial charge in [-0.25, -0.2) is 9.97 Å². The average Bonchev–Trinajstić information content (AvgIpc) is 2.46. The van der Waals surface area contributed by atoms with Gasteiger partial charge in [0.25, 0.3) is 0 Å². The summed E-state index contributed by atoms with van der Waals surface area (Å²) < 4.78 is 39.1. The Bertz CT molecular complexity index is 636. The number of aryl methyl sites for hydroxylation is 1. The van der Waals surface area contributed by atoms with Crippen LogP contribution in [0.4, 0.5) is 19.1 Å². The lowest BCUT2D eigenvalue weighted by Gasteiger charge is -2.15. The third-order valence-electron chi connectivity index (χ3n) is 3.35. The molecule has 2 aromatic rings. The first kappa shape index (κ1) is 16.3. The number of rotatable bonds is 4. The van der Waals surface area contributed by atoms with Gasteiger partial charge in [0, 0.05) is 11.6 Å². The number of aromatic nitrogens is 2. The maximum atomic E-state index is 13.0. The summed E-state index contributed by atoms with van der Waals surface area (Å²) in [6.45, 7) is 5.72. The molecule has 1 aromatic carbocycles. The van der Waals surface area contributed by atoms with Crippen LogP contribution in [-0.4, -0.2) is 16.0 Å². The van der Waals surface area contributed by atoms with Gasteiger partial charge in [-0.3, -0.25) is 0 Å². The van der Waals surface area contributed by atoms with Crippen molar-refractivity contribution in [3.8, 4) is 11.3 Å². The Morgan fingerprint density at radius 3 is 2.32 bits per heavy atom. The molecule has 0 radical (unpaired) electrons. The molecule has 6 heteroatoms. The topological polar surface area (TPSA) is 37.8 Å². The third-order valence-corrected chi connectivity index (χ3v) is 3.35. The van der Waals surface area contributed by atoms with Crippen molar-refractivity contribution in [3.63, 3.8) is 0 Å². The first-order valence-corrected chi connectivity index (χ1v) is 7.09. The quantitative estimate of drug-likeness (QED) is 0.891. The minimum atomic E-state index is -4.51. The van der Waals surface area contributed by atoms with E-state index in [1.54, 1.807) is 12.1 Å². The Balaban J connectivity index is 2.48. The van der Waals surface area contributed by atoms with Crippen molar-refractivity contribution in [3.05, 3.63) is 41.6 Å². The highest BCUT2D eigenvalue weighted by atomic mass is 19.4. The van der Waals surface area contributed by atoms with E-state index in [-0.39, 0.29) is 17.7 Å². The van der Waals surface area contributed by atoms with Gasteiger partial charge in [-0.1, -0.05) is 36.8 Å². The standard InChI is InChI=1S/C16H18F3N3/c1-4-11(3)20-15-21-13(9-14(22-15)16(17,18)19)12-7-5-10(2)6-8-12/h5-9,11H,4H2,1-3H3,(H,20,21,22)/t11-/m1/s1. The molecule has 118 valence electrons. The predicted octanol–water partition coefficient (Wildman–Crippen LogP) is 4.68. The number of hydrogen-bond donors (Lipinski definition) is 1. The Hall–Kier alpha value is -2.11. The monoisotopic (exact) mass is 309 g/mol. The zero-order chi connectivity index (χ0) is 16.3. The molecular formula is C16H18F3N3.